The lowest BCUT2D eigenvalue weighted by molar-refractivity contribution is 0.0577. The van der Waals surface area contributed by atoms with Gasteiger partial charge in [0.15, 0.2) is 0 Å². The maximum absolute atomic E-state index is 12.3. The summed E-state index contributed by atoms with van der Waals surface area (Å²) in [7, 11) is 0. The van der Waals surface area contributed by atoms with E-state index in [4.69, 9.17) is 5.73 Å². The van der Waals surface area contributed by atoms with Crippen molar-refractivity contribution in [3.8, 4) is 0 Å². The number of aryl methyl sites for hydroxylation is 1. The Hall–Kier alpha value is -1.36. The van der Waals surface area contributed by atoms with Gasteiger partial charge in [0, 0.05) is 24.3 Å². The van der Waals surface area contributed by atoms with Crippen LogP contribution in [0.2, 0.25) is 0 Å². The number of aromatic amines is 1. The van der Waals surface area contributed by atoms with E-state index in [0.717, 1.165) is 31.5 Å². The van der Waals surface area contributed by atoms with Crippen LogP contribution in [0.25, 0.3) is 0 Å². The highest BCUT2D eigenvalue weighted by molar-refractivity contribution is 5.92. The summed E-state index contributed by atoms with van der Waals surface area (Å²) in [6.45, 7) is 4.64. The molecule has 0 aromatic carbocycles. The molecule has 0 radical (unpaired) electrons. The van der Waals surface area contributed by atoms with Gasteiger partial charge in [-0.3, -0.25) is 9.89 Å². The molecule has 94 valence electrons. The van der Waals surface area contributed by atoms with Crippen molar-refractivity contribution in [2.45, 2.75) is 45.2 Å². The standard InChI is InChI=1S/C12H20N4O/c1-8-7-10(15-14-8)12(17)16-6-4-3-5-11(16)9(2)13/h7,9,11H,3-6,13H2,1-2H3,(H,14,15)/t9-,11-/m1/s1. The summed E-state index contributed by atoms with van der Waals surface area (Å²) in [5.41, 5.74) is 7.36. The van der Waals surface area contributed by atoms with E-state index in [0.29, 0.717) is 5.69 Å². The zero-order chi connectivity index (χ0) is 12.4. The zero-order valence-electron chi connectivity index (χ0n) is 10.4. The number of hydrogen-bond acceptors (Lipinski definition) is 3. The van der Waals surface area contributed by atoms with Crippen LogP contribution in [-0.4, -0.2) is 39.6 Å². The average molecular weight is 236 g/mol. The molecule has 3 N–H and O–H groups in total. The Balaban J connectivity index is 2.16. The number of H-pyrrole nitrogens is 1. The highest BCUT2D eigenvalue weighted by atomic mass is 16.2. The number of amides is 1. The second-order valence-electron chi connectivity index (χ2n) is 4.86. The molecular formula is C12H20N4O. The first kappa shape index (κ1) is 12.1. The molecule has 1 amide bonds. The van der Waals surface area contributed by atoms with Gasteiger partial charge in [-0.1, -0.05) is 0 Å². The maximum atomic E-state index is 12.3. The highest BCUT2D eigenvalue weighted by Gasteiger charge is 2.30. The Kier molecular flexibility index (Phi) is 3.47. The van der Waals surface area contributed by atoms with Gasteiger partial charge in [0.25, 0.3) is 5.91 Å². The van der Waals surface area contributed by atoms with Crippen LogP contribution in [0.15, 0.2) is 6.07 Å². The second kappa shape index (κ2) is 4.87. The van der Waals surface area contributed by atoms with Crippen LogP contribution in [-0.2, 0) is 0 Å². The lowest BCUT2D eigenvalue weighted by Gasteiger charge is -2.37. The molecule has 0 unspecified atom stereocenters. The van der Waals surface area contributed by atoms with E-state index in [2.05, 4.69) is 10.2 Å². The first-order chi connectivity index (χ1) is 8.09. The van der Waals surface area contributed by atoms with Gasteiger partial charge in [-0.2, -0.15) is 5.10 Å². The topological polar surface area (TPSA) is 75.0 Å². The molecule has 5 nitrogen and oxygen atoms in total. The molecule has 1 aromatic rings. The number of nitrogens with two attached hydrogens (primary N) is 1. The van der Waals surface area contributed by atoms with E-state index >= 15 is 0 Å². The molecule has 2 heterocycles. The van der Waals surface area contributed by atoms with Crippen molar-refractivity contribution in [2.75, 3.05) is 6.54 Å². The molecular weight excluding hydrogens is 216 g/mol. The Morgan fingerprint density at radius 1 is 1.65 bits per heavy atom. The molecule has 2 atom stereocenters. The molecule has 1 aliphatic heterocycles. The molecule has 5 heteroatoms. The molecule has 0 bridgehead atoms. The number of piperidine rings is 1. The van der Waals surface area contributed by atoms with Gasteiger partial charge < -0.3 is 10.6 Å². The number of nitrogens with zero attached hydrogens (tertiary/aromatic N) is 2. The summed E-state index contributed by atoms with van der Waals surface area (Å²) in [4.78, 5) is 14.2. The van der Waals surface area contributed by atoms with Gasteiger partial charge in [-0.15, -0.1) is 0 Å². The largest absolute Gasteiger partial charge is 0.333 e. The van der Waals surface area contributed by atoms with Gasteiger partial charge in [-0.05, 0) is 39.2 Å². The Bertz CT molecular complexity index is 399. The van der Waals surface area contributed by atoms with Gasteiger partial charge in [-0.25, -0.2) is 0 Å². The minimum absolute atomic E-state index is 0.00338. The number of carbonyl (C=O) groups excluding carboxylic acids is 1. The molecule has 0 saturated carbocycles. The molecule has 17 heavy (non-hydrogen) atoms. The number of rotatable bonds is 2. The predicted molar refractivity (Wildman–Crippen MR) is 65.6 cm³/mol. The first-order valence-corrected chi connectivity index (χ1v) is 6.18. The normalized spacial score (nSPS) is 22.5. The number of likely N-dealkylation sites (tertiary alicyclic amines) is 1. The third-order valence-corrected chi connectivity index (χ3v) is 3.34. The second-order valence-corrected chi connectivity index (χ2v) is 4.86. The minimum atomic E-state index is -0.00338. The van der Waals surface area contributed by atoms with Crippen LogP contribution in [0.5, 0.6) is 0 Å². The van der Waals surface area contributed by atoms with Crippen molar-refractivity contribution >= 4 is 5.91 Å². The van der Waals surface area contributed by atoms with Crippen molar-refractivity contribution < 1.29 is 4.79 Å². The lowest BCUT2D eigenvalue weighted by Crippen LogP contribution is -2.51. The van der Waals surface area contributed by atoms with Crippen molar-refractivity contribution in [1.82, 2.24) is 15.1 Å². The molecule has 1 aromatic heterocycles. The fraction of sp³-hybridized carbons (Fsp3) is 0.667. The van der Waals surface area contributed by atoms with E-state index < -0.39 is 0 Å². The van der Waals surface area contributed by atoms with Crippen molar-refractivity contribution in [3.63, 3.8) is 0 Å². The molecule has 2 rings (SSSR count). The highest BCUT2D eigenvalue weighted by Crippen LogP contribution is 2.21. The van der Waals surface area contributed by atoms with Crippen LogP contribution in [0.1, 0.15) is 42.4 Å². The van der Waals surface area contributed by atoms with E-state index in [1.54, 1.807) is 6.07 Å². The Morgan fingerprint density at radius 3 is 3.00 bits per heavy atom. The molecule has 1 fully saturated rings. The Morgan fingerprint density at radius 2 is 2.41 bits per heavy atom. The summed E-state index contributed by atoms with van der Waals surface area (Å²) >= 11 is 0. The van der Waals surface area contributed by atoms with E-state index in [1.807, 2.05) is 18.7 Å². The van der Waals surface area contributed by atoms with E-state index in [9.17, 15) is 4.79 Å². The first-order valence-electron chi connectivity index (χ1n) is 6.18. The smallest absolute Gasteiger partial charge is 0.274 e. The maximum Gasteiger partial charge on any atom is 0.274 e. The van der Waals surface area contributed by atoms with E-state index in [-0.39, 0.29) is 18.0 Å². The van der Waals surface area contributed by atoms with Gasteiger partial charge in [0.1, 0.15) is 5.69 Å². The fourth-order valence-electron chi connectivity index (χ4n) is 2.43. The van der Waals surface area contributed by atoms with Gasteiger partial charge in [0.05, 0.1) is 0 Å². The van der Waals surface area contributed by atoms with E-state index in [1.165, 1.54) is 0 Å². The SMILES string of the molecule is Cc1cc(C(=O)N2CCCC[C@@H]2[C@@H](C)N)n[nH]1. The Labute approximate surface area is 101 Å². The summed E-state index contributed by atoms with van der Waals surface area (Å²) < 4.78 is 0. The monoisotopic (exact) mass is 236 g/mol. The van der Waals surface area contributed by atoms with Crippen molar-refractivity contribution in [1.29, 1.82) is 0 Å². The molecule has 1 aliphatic rings. The average Bonchev–Trinajstić information content (AvgIpc) is 2.75. The van der Waals surface area contributed by atoms with Crippen LogP contribution in [0.3, 0.4) is 0 Å². The third kappa shape index (κ3) is 2.49. The zero-order valence-corrected chi connectivity index (χ0v) is 10.4. The van der Waals surface area contributed by atoms with Crippen molar-refractivity contribution in [2.24, 2.45) is 5.73 Å². The van der Waals surface area contributed by atoms with Crippen LogP contribution < -0.4 is 5.73 Å². The van der Waals surface area contributed by atoms with Crippen LogP contribution in [0, 0.1) is 6.92 Å². The predicted octanol–water partition coefficient (Wildman–Crippen LogP) is 1.06. The molecule has 0 aliphatic carbocycles. The summed E-state index contributed by atoms with van der Waals surface area (Å²) in [6, 6.07) is 1.95. The number of aromatic nitrogens is 2. The van der Waals surface area contributed by atoms with Crippen LogP contribution >= 0.6 is 0 Å². The van der Waals surface area contributed by atoms with Gasteiger partial charge in [0.2, 0.25) is 0 Å². The molecule has 1 saturated heterocycles. The third-order valence-electron chi connectivity index (χ3n) is 3.34. The summed E-state index contributed by atoms with van der Waals surface area (Å²) in [5, 5.41) is 6.83. The number of nitrogens with one attached hydrogen (secondary N) is 1. The lowest BCUT2D eigenvalue weighted by atomic mass is 9.96. The summed E-state index contributed by atoms with van der Waals surface area (Å²) in [5.74, 6) is -0.00338. The summed E-state index contributed by atoms with van der Waals surface area (Å²) in [6.07, 6.45) is 3.20. The van der Waals surface area contributed by atoms with Gasteiger partial charge >= 0.3 is 0 Å². The molecule has 0 spiro atoms. The quantitative estimate of drug-likeness (QED) is 0.806. The minimum Gasteiger partial charge on any atom is -0.333 e. The van der Waals surface area contributed by atoms with Crippen LogP contribution in [0.4, 0.5) is 0 Å². The van der Waals surface area contributed by atoms with Crippen molar-refractivity contribution in [3.05, 3.63) is 17.5 Å². The fourth-order valence-corrected chi connectivity index (χ4v) is 2.43. The number of carbonyl (C=O) groups is 1. The number of hydrogen-bond donors (Lipinski definition) is 2.